The van der Waals surface area contributed by atoms with Gasteiger partial charge in [-0.15, -0.1) is 0 Å². The Kier molecular flexibility index (Phi) is 4.31. The average Bonchev–Trinajstić information content (AvgIpc) is 3.35. The van der Waals surface area contributed by atoms with E-state index < -0.39 is 0 Å². The first-order valence-electron chi connectivity index (χ1n) is 8.44. The molecule has 0 saturated heterocycles. The fraction of sp³-hybridized carbons (Fsp3) is 0.200. The lowest BCUT2D eigenvalue weighted by Crippen LogP contribution is -2.30. The van der Waals surface area contributed by atoms with E-state index in [1.165, 1.54) is 0 Å². The number of carbonyl (C=O) groups excluding carboxylic acids is 1. The van der Waals surface area contributed by atoms with E-state index in [0.29, 0.717) is 24.5 Å². The van der Waals surface area contributed by atoms with Gasteiger partial charge in [0.15, 0.2) is 11.5 Å². The third-order valence-corrected chi connectivity index (χ3v) is 4.27. The minimum absolute atomic E-state index is 0.195. The molecule has 0 N–H and O–H groups in total. The Hall–Kier alpha value is -3.28. The number of carbonyl (C=O) groups is 1. The number of rotatable bonds is 5. The van der Waals surface area contributed by atoms with Crippen LogP contribution < -0.4 is 9.47 Å². The topological polar surface area (TPSA) is 64.8 Å². The fourth-order valence-electron chi connectivity index (χ4n) is 2.86. The number of fused-ring (bicyclic) bond motifs is 1. The second-order valence-corrected chi connectivity index (χ2v) is 5.95. The number of nitrogens with zero attached hydrogens (tertiary/aromatic N) is 2. The Morgan fingerprint density at radius 2 is 1.88 bits per heavy atom. The lowest BCUT2D eigenvalue weighted by Gasteiger charge is -2.19. The number of hydrogen-bond acceptors (Lipinski definition) is 5. The van der Waals surface area contributed by atoms with Crippen LogP contribution in [0.25, 0.3) is 11.3 Å². The van der Waals surface area contributed by atoms with Crippen LogP contribution in [0, 0.1) is 0 Å². The quantitative estimate of drug-likeness (QED) is 0.701. The van der Waals surface area contributed by atoms with Crippen molar-refractivity contribution in [1.82, 2.24) is 10.1 Å². The maximum Gasteiger partial charge on any atom is 0.292 e. The standard InChI is InChI=1S/C20H18N2O4/c1-2-22(12-14-8-9-17-18(10-14)25-13-24-17)20(23)19-11-16(21-26-19)15-6-4-3-5-7-15/h3-11H,2,12-13H2,1H3. The van der Waals surface area contributed by atoms with E-state index in [2.05, 4.69) is 5.16 Å². The zero-order valence-electron chi connectivity index (χ0n) is 14.3. The van der Waals surface area contributed by atoms with E-state index in [-0.39, 0.29) is 18.5 Å². The van der Waals surface area contributed by atoms with Gasteiger partial charge >= 0.3 is 0 Å². The molecule has 4 rings (SSSR count). The molecule has 1 amide bonds. The van der Waals surface area contributed by atoms with Crippen molar-refractivity contribution in [2.75, 3.05) is 13.3 Å². The number of aromatic nitrogens is 1. The smallest absolute Gasteiger partial charge is 0.292 e. The molecule has 0 atom stereocenters. The molecule has 3 aromatic rings. The van der Waals surface area contributed by atoms with Crippen molar-refractivity contribution in [2.45, 2.75) is 13.5 Å². The van der Waals surface area contributed by atoms with Crippen LogP contribution in [0.4, 0.5) is 0 Å². The molecule has 0 spiro atoms. The molecule has 132 valence electrons. The zero-order chi connectivity index (χ0) is 17.9. The third-order valence-electron chi connectivity index (χ3n) is 4.27. The molecule has 0 bridgehead atoms. The van der Waals surface area contributed by atoms with E-state index in [9.17, 15) is 4.79 Å². The highest BCUT2D eigenvalue weighted by atomic mass is 16.7. The van der Waals surface area contributed by atoms with Crippen LogP contribution in [0.2, 0.25) is 0 Å². The number of benzene rings is 2. The Balaban J connectivity index is 1.51. The normalized spacial score (nSPS) is 12.2. The van der Waals surface area contributed by atoms with Crippen LogP contribution >= 0.6 is 0 Å². The Bertz CT molecular complexity index is 921. The van der Waals surface area contributed by atoms with Crippen LogP contribution in [-0.2, 0) is 6.54 Å². The van der Waals surface area contributed by atoms with Gasteiger partial charge in [-0.2, -0.15) is 0 Å². The molecule has 0 radical (unpaired) electrons. The molecule has 1 aromatic heterocycles. The lowest BCUT2D eigenvalue weighted by molar-refractivity contribution is 0.0710. The molecule has 6 heteroatoms. The first-order chi connectivity index (χ1) is 12.7. The van der Waals surface area contributed by atoms with Gasteiger partial charge in [0.25, 0.3) is 5.91 Å². The van der Waals surface area contributed by atoms with Crippen LogP contribution in [0.5, 0.6) is 11.5 Å². The number of hydrogen-bond donors (Lipinski definition) is 0. The molecule has 0 aliphatic carbocycles. The van der Waals surface area contributed by atoms with Gasteiger partial charge in [-0.25, -0.2) is 0 Å². The molecule has 2 aromatic carbocycles. The molecule has 0 saturated carbocycles. The highest BCUT2D eigenvalue weighted by molar-refractivity contribution is 5.92. The largest absolute Gasteiger partial charge is 0.454 e. The van der Waals surface area contributed by atoms with Gasteiger partial charge in [-0.3, -0.25) is 4.79 Å². The van der Waals surface area contributed by atoms with Crippen LogP contribution in [-0.4, -0.2) is 29.3 Å². The van der Waals surface area contributed by atoms with Crippen molar-refractivity contribution < 1.29 is 18.8 Å². The molecule has 0 unspecified atom stereocenters. The van der Waals surface area contributed by atoms with Gasteiger partial charge in [-0.05, 0) is 24.6 Å². The summed E-state index contributed by atoms with van der Waals surface area (Å²) in [6.45, 7) is 3.16. The molecule has 1 aliphatic heterocycles. The number of amides is 1. The van der Waals surface area contributed by atoms with Crippen LogP contribution in [0.3, 0.4) is 0 Å². The minimum Gasteiger partial charge on any atom is -0.454 e. The molecule has 6 nitrogen and oxygen atoms in total. The monoisotopic (exact) mass is 350 g/mol. The summed E-state index contributed by atoms with van der Waals surface area (Å²) in [7, 11) is 0. The first-order valence-corrected chi connectivity index (χ1v) is 8.44. The van der Waals surface area contributed by atoms with Gasteiger partial charge in [-0.1, -0.05) is 41.6 Å². The Morgan fingerprint density at radius 1 is 1.08 bits per heavy atom. The van der Waals surface area contributed by atoms with E-state index in [1.807, 2.05) is 55.5 Å². The predicted molar refractivity (Wildman–Crippen MR) is 94.9 cm³/mol. The highest BCUT2D eigenvalue weighted by Gasteiger charge is 2.21. The zero-order valence-corrected chi connectivity index (χ0v) is 14.3. The highest BCUT2D eigenvalue weighted by Crippen LogP contribution is 2.33. The maximum atomic E-state index is 12.8. The average molecular weight is 350 g/mol. The molecule has 26 heavy (non-hydrogen) atoms. The van der Waals surface area contributed by atoms with Crippen LogP contribution in [0.15, 0.2) is 59.1 Å². The molecule has 0 fully saturated rings. The summed E-state index contributed by atoms with van der Waals surface area (Å²) in [5, 5.41) is 4.02. The molecular formula is C20H18N2O4. The maximum absolute atomic E-state index is 12.8. The summed E-state index contributed by atoms with van der Waals surface area (Å²) < 4.78 is 16.0. The number of ether oxygens (including phenoxy) is 2. The SMILES string of the molecule is CCN(Cc1ccc2c(c1)OCO2)C(=O)c1cc(-c2ccccc2)no1. The summed E-state index contributed by atoms with van der Waals surface area (Å²) in [5.41, 5.74) is 2.52. The van der Waals surface area contributed by atoms with Crippen molar-refractivity contribution in [3.63, 3.8) is 0 Å². The molecular weight excluding hydrogens is 332 g/mol. The predicted octanol–water partition coefficient (Wildman–Crippen LogP) is 3.73. The summed E-state index contributed by atoms with van der Waals surface area (Å²) >= 11 is 0. The van der Waals surface area contributed by atoms with Crippen molar-refractivity contribution in [1.29, 1.82) is 0 Å². The van der Waals surface area contributed by atoms with E-state index >= 15 is 0 Å². The van der Waals surface area contributed by atoms with E-state index in [1.54, 1.807) is 11.0 Å². The summed E-state index contributed by atoms with van der Waals surface area (Å²) in [6, 6.07) is 17.0. The lowest BCUT2D eigenvalue weighted by atomic mass is 10.1. The Morgan fingerprint density at radius 3 is 2.69 bits per heavy atom. The van der Waals surface area contributed by atoms with Crippen LogP contribution in [0.1, 0.15) is 23.0 Å². The van der Waals surface area contributed by atoms with Crippen molar-refractivity contribution in [3.05, 3.63) is 65.9 Å². The third kappa shape index (κ3) is 3.13. The molecule has 1 aliphatic rings. The van der Waals surface area contributed by atoms with Gasteiger partial charge in [0.05, 0.1) is 0 Å². The summed E-state index contributed by atoms with van der Waals surface area (Å²) in [4.78, 5) is 14.5. The fourth-order valence-corrected chi connectivity index (χ4v) is 2.86. The minimum atomic E-state index is -0.195. The first kappa shape index (κ1) is 16.2. The second kappa shape index (κ2) is 6.92. The van der Waals surface area contributed by atoms with Gasteiger partial charge in [0.2, 0.25) is 12.6 Å². The van der Waals surface area contributed by atoms with Gasteiger partial charge in [0, 0.05) is 24.7 Å². The summed E-state index contributed by atoms with van der Waals surface area (Å²) in [6.07, 6.45) is 0. The second-order valence-electron chi connectivity index (χ2n) is 5.95. The molecule has 2 heterocycles. The van der Waals surface area contributed by atoms with Crippen molar-refractivity contribution in [3.8, 4) is 22.8 Å². The van der Waals surface area contributed by atoms with E-state index in [4.69, 9.17) is 14.0 Å². The summed E-state index contributed by atoms with van der Waals surface area (Å²) in [5.74, 6) is 1.47. The van der Waals surface area contributed by atoms with E-state index in [0.717, 1.165) is 16.9 Å². The Labute approximate surface area is 150 Å². The van der Waals surface area contributed by atoms with Gasteiger partial charge in [0.1, 0.15) is 5.69 Å². The van der Waals surface area contributed by atoms with Gasteiger partial charge < -0.3 is 18.9 Å². The van der Waals surface area contributed by atoms with Crippen molar-refractivity contribution >= 4 is 5.91 Å². The van der Waals surface area contributed by atoms with Crippen molar-refractivity contribution in [2.24, 2.45) is 0 Å².